The first-order valence-electron chi connectivity index (χ1n) is 5.09. The van der Waals surface area contributed by atoms with Crippen LogP contribution in [0.15, 0.2) is 6.07 Å². The molecule has 1 aromatic rings. The molecule has 0 spiro atoms. The van der Waals surface area contributed by atoms with Gasteiger partial charge in [-0.25, -0.2) is 4.79 Å². The van der Waals surface area contributed by atoms with Crippen LogP contribution in [-0.4, -0.2) is 34.9 Å². The third-order valence-electron chi connectivity index (χ3n) is 2.45. The van der Waals surface area contributed by atoms with Crippen LogP contribution in [0.2, 0.25) is 0 Å². The zero-order valence-corrected chi connectivity index (χ0v) is 8.93. The van der Waals surface area contributed by atoms with Crippen molar-refractivity contribution >= 4 is 11.8 Å². The van der Waals surface area contributed by atoms with Crippen molar-refractivity contribution in [3.05, 3.63) is 11.6 Å². The van der Waals surface area contributed by atoms with E-state index in [1.54, 1.807) is 0 Å². The molecule has 0 aromatic carbocycles. The van der Waals surface area contributed by atoms with Crippen LogP contribution in [0.3, 0.4) is 0 Å². The van der Waals surface area contributed by atoms with Crippen molar-refractivity contribution in [2.24, 2.45) is 5.92 Å². The van der Waals surface area contributed by atoms with Gasteiger partial charge in [0.25, 0.3) is 0 Å². The highest BCUT2D eigenvalue weighted by Gasteiger charge is 2.21. The number of aromatic nitrogens is 2. The number of ether oxygens (including phenoxy) is 1. The number of hydrogen-bond acceptors (Lipinski definition) is 5. The van der Waals surface area contributed by atoms with E-state index in [0.29, 0.717) is 11.7 Å². The predicted octanol–water partition coefficient (Wildman–Crippen LogP) is 1.01. The summed E-state index contributed by atoms with van der Waals surface area (Å²) in [5.74, 6) is 0.132. The van der Waals surface area contributed by atoms with E-state index < -0.39 is 5.97 Å². The van der Waals surface area contributed by atoms with Gasteiger partial charge in [0, 0.05) is 12.6 Å². The SMILES string of the molecule is COc1nnc(NCC2CC2)cc1C(=O)O. The van der Waals surface area contributed by atoms with Crippen LogP contribution in [0.5, 0.6) is 5.88 Å². The Morgan fingerprint density at radius 3 is 2.94 bits per heavy atom. The summed E-state index contributed by atoms with van der Waals surface area (Å²) >= 11 is 0. The van der Waals surface area contributed by atoms with E-state index in [2.05, 4.69) is 15.5 Å². The molecule has 0 amide bonds. The maximum absolute atomic E-state index is 10.9. The van der Waals surface area contributed by atoms with Gasteiger partial charge in [0.15, 0.2) is 0 Å². The number of carbonyl (C=O) groups is 1. The zero-order chi connectivity index (χ0) is 11.5. The van der Waals surface area contributed by atoms with Crippen molar-refractivity contribution in [2.75, 3.05) is 19.0 Å². The molecule has 2 N–H and O–H groups in total. The number of nitrogens with one attached hydrogen (secondary N) is 1. The van der Waals surface area contributed by atoms with Gasteiger partial charge in [-0.05, 0) is 18.8 Å². The average molecular weight is 223 g/mol. The Labute approximate surface area is 92.6 Å². The summed E-state index contributed by atoms with van der Waals surface area (Å²) in [6.45, 7) is 0.820. The Hall–Kier alpha value is -1.85. The van der Waals surface area contributed by atoms with Crippen molar-refractivity contribution in [3.8, 4) is 5.88 Å². The van der Waals surface area contributed by atoms with Crippen LogP contribution < -0.4 is 10.1 Å². The van der Waals surface area contributed by atoms with Gasteiger partial charge in [0.2, 0.25) is 5.88 Å². The molecule has 0 saturated heterocycles. The molecule has 1 heterocycles. The molecular weight excluding hydrogens is 210 g/mol. The fourth-order valence-electron chi connectivity index (χ4n) is 1.34. The Bertz CT molecular complexity index is 404. The largest absolute Gasteiger partial charge is 0.479 e. The number of methoxy groups -OCH3 is 1. The quantitative estimate of drug-likeness (QED) is 0.774. The van der Waals surface area contributed by atoms with Crippen LogP contribution in [0.25, 0.3) is 0 Å². The van der Waals surface area contributed by atoms with E-state index in [-0.39, 0.29) is 11.4 Å². The first-order valence-corrected chi connectivity index (χ1v) is 5.09. The third kappa shape index (κ3) is 2.39. The first kappa shape index (κ1) is 10.7. The van der Waals surface area contributed by atoms with Gasteiger partial charge >= 0.3 is 5.97 Å². The average Bonchev–Trinajstić information content (AvgIpc) is 3.09. The molecular formula is C10H13N3O3. The fourth-order valence-corrected chi connectivity index (χ4v) is 1.34. The summed E-state index contributed by atoms with van der Waals surface area (Å²) in [7, 11) is 1.37. The van der Waals surface area contributed by atoms with Crippen molar-refractivity contribution in [2.45, 2.75) is 12.8 Å². The van der Waals surface area contributed by atoms with E-state index in [1.807, 2.05) is 0 Å². The molecule has 1 aliphatic carbocycles. The minimum absolute atomic E-state index is 0.0239. The Morgan fingerprint density at radius 2 is 2.38 bits per heavy atom. The molecule has 16 heavy (non-hydrogen) atoms. The molecule has 0 aliphatic heterocycles. The maximum atomic E-state index is 10.9. The van der Waals surface area contributed by atoms with Gasteiger partial charge in [0.1, 0.15) is 11.4 Å². The lowest BCUT2D eigenvalue weighted by atomic mass is 10.3. The van der Waals surface area contributed by atoms with Gasteiger partial charge in [0.05, 0.1) is 7.11 Å². The van der Waals surface area contributed by atoms with Crippen LogP contribution in [0.4, 0.5) is 5.82 Å². The minimum Gasteiger partial charge on any atom is -0.479 e. The topological polar surface area (TPSA) is 84.3 Å². The number of hydrogen-bond donors (Lipinski definition) is 2. The van der Waals surface area contributed by atoms with E-state index in [4.69, 9.17) is 9.84 Å². The summed E-state index contributed by atoms with van der Waals surface area (Å²) < 4.78 is 4.82. The zero-order valence-electron chi connectivity index (χ0n) is 8.93. The third-order valence-corrected chi connectivity index (χ3v) is 2.45. The maximum Gasteiger partial charge on any atom is 0.341 e. The Morgan fingerprint density at radius 1 is 1.62 bits per heavy atom. The summed E-state index contributed by atoms with van der Waals surface area (Å²) in [4.78, 5) is 10.9. The van der Waals surface area contributed by atoms with Gasteiger partial charge in [-0.15, -0.1) is 10.2 Å². The lowest BCUT2D eigenvalue weighted by Crippen LogP contribution is -2.09. The van der Waals surface area contributed by atoms with Gasteiger partial charge in [-0.1, -0.05) is 0 Å². The second kappa shape index (κ2) is 4.34. The van der Waals surface area contributed by atoms with E-state index in [0.717, 1.165) is 6.54 Å². The minimum atomic E-state index is -1.07. The molecule has 1 aromatic heterocycles. The van der Waals surface area contributed by atoms with Gasteiger partial charge in [-0.2, -0.15) is 0 Å². The summed E-state index contributed by atoms with van der Waals surface area (Å²) in [5, 5.41) is 19.5. The molecule has 86 valence electrons. The second-order valence-corrected chi connectivity index (χ2v) is 3.78. The number of carboxylic acid groups (broad SMARTS) is 1. The van der Waals surface area contributed by atoms with Crippen LogP contribution in [-0.2, 0) is 0 Å². The molecule has 2 rings (SSSR count). The lowest BCUT2D eigenvalue weighted by molar-refractivity contribution is 0.0692. The molecule has 6 heteroatoms. The molecule has 0 radical (unpaired) electrons. The fraction of sp³-hybridized carbons (Fsp3) is 0.500. The summed E-state index contributed by atoms with van der Waals surface area (Å²) in [6.07, 6.45) is 2.45. The lowest BCUT2D eigenvalue weighted by Gasteiger charge is -2.06. The second-order valence-electron chi connectivity index (χ2n) is 3.78. The van der Waals surface area contributed by atoms with Crippen LogP contribution in [0, 0.1) is 5.92 Å². The van der Waals surface area contributed by atoms with Crippen molar-refractivity contribution in [1.82, 2.24) is 10.2 Å². The Kier molecular flexibility index (Phi) is 2.89. The number of rotatable bonds is 5. The molecule has 0 unspecified atom stereocenters. The highest BCUT2D eigenvalue weighted by Crippen LogP contribution is 2.28. The van der Waals surface area contributed by atoms with Crippen molar-refractivity contribution in [1.29, 1.82) is 0 Å². The Balaban J connectivity index is 2.13. The van der Waals surface area contributed by atoms with Crippen molar-refractivity contribution in [3.63, 3.8) is 0 Å². The summed E-state index contributed by atoms with van der Waals surface area (Å²) in [5.41, 5.74) is 0.0239. The molecule has 6 nitrogen and oxygen atoms in total. The first-order chi connectivity index (χ1) is 7.70. The van der Waals surface area contributed by atoms with Crippen LogP contribution >= 0.6 is 0 Å². The number of carboxylic acids is 1. The van der Waals surface area contributed by atoms with E-state index in [1.165, 1.54) is 26.0 Å². The molecule has 1 fully saturated rings. The molecule has 0 atom stereocenters. The summed E-state index contributed by atoms with van der Waals surface area (Å²) in [6, 6.07) is 1.44. The molecule has 1 aliphatic rings. The number of nitrogens with zero attached hydrogens (tertiary/aromatic N) is 2. The highest BCUT2D eigenvalue weighted by atomic mass is 16.5. The number of anilines is 1. The highest BCUT2D eigenvalue weighted by molar-refractivity contribution is 5.90. The van der Waals surface area contributed by atoms with Gasteiger partial charge < -0.3 is 15.2 Å². The van der Waals surface area contributed by atoms with E-state index >= 15 is 0 Å². The monoisotopic (exact) mass is 223 g/mol. The molecule has 1 saturated carbocycles. The number of aromatic carboxylic acids is 1. The predicted molar refractivity (Wildman–Crippen MR) is 56.8 cm³/mol. The van der Waals surface area contributed by atoms with Gasteiger partial charge in [-0.3, -0.25) is 0 Å². The standard InChI is InChI=1S/C10H13N3O3/c1-16-9-7(10(14)15)4-8(12-13-9)11-5-6-2-3-6/h4,6H,2-3,5H2,1H3,(H,11,12)(H,14,15). The van der Waals surface area contributed by atoms with E-state index in [9.17, 15) is 4.79 Å². The molecule has 0 bridgehead atoms. The smallest absolute Gasteiger partial charge is 0.341 e. The normalized spacial score (nSPS) is 14.6. The van der Waals surface area contributed by atoms with Crippen molar-refractivity contribution < 1.29 is 14.6 Å². The van der Waals surface area contributed by atoms with Crippen LogP contribution in [0.1, 0.15) is 23.2 Å².